The molecule has 1 heterocycles. The van der Waals surface area contributed by atoms with Gasteiger partial charge in [-0.1, -0.05) is 26.8 Å². The van der Waals surface area contributed by atoms with Crippen LogP contribution in [0.1, 0.15) is 48.0 Å². The molecule has 23 heavy (non-hydrogen) atoms. The van der Waals surface area contributed by atoms with E-state index in [-0.39, 0.29) is 23.2 Å². The Bertz CT molecular complexity index is 582. The average molecular weight is 320 g/mol. The van der Waals surface area contributed by atoms with Gasteiger partial charge in [0.15, 0.2) is 5.78 Å². The maximum absolute atomic E-state index is 12.7. The average Bonchev–Trinajstić information content (AvgIpc) is 2.46. The highest BCUT2D eigenvalue weighted by molar-refractivity contribution is 6.02. The van der Waals surface area contributed by atoms with Crippen LogP contribution in [0, 0.1) is 11.3 Å². The second-order valence-corrected chi connectivity index (χ2v) is 8.35. The maximum atomic E-state index is 12.7. The molecule has 2 unspecified atom stereocenters. The normalized spacial score (nSPS) is 27.6. The zero-order valence-electron chi connectivity index (χ0n) is 15.0. The molecular formula is C18H28N2O3. The van der Waals surface area contributed by atoms with Gasteiger partial charge >= 0.3 is 6.09 Å². The van der Waals surface area contributed by atoms with Gasteiger partial charge in [0.2, 0.25) is 0 Å². The number of hydrogen-bond donors (Lipinski definition) is 1. The molecule has 2 atom stereocenters. The molecule has 0 spiro atoms. The Balaban J connectivity index is 2.48. The second kappa shape index (κ2) is 5.78. The summed E-state index contributed by atoms with van der Waals surface area (Å²) in [6.07, 6.45) is 3.88. The molecule has 5 heteroatoms. The van der Waals surface area contributed by atoms with Gasteiger partial charge in [-0.25, -0.2) is 4.79 Å². The molecule has 2 aliphatic rings. The molecule has 2 rings (SSSR count). The van der Waals surface area contributed by atoms with Crippen molar-refractivity contribution < 1.29 is 14.3 Å². The number of nitrogens with zero attached hydrogens (tertiary/aromatic N) is 1. The van der Waals surface area contributed by atoms with Gasteiger partial charge in [-0.15, -0.1) is 0 Å². The molecule has 1 amide bonds. The van der Waals surface area contributed by atoms with Crippen LogP contribution in [0.2, 0.25) is 0 Å². The molecule has 0 aromatic rings. The predicted octanol–water partition coefficient (Wildman–Crippen LogP) is 3.01. The molecule has 0 radical (unpaired) electrons. The minimum Gasteiger partial charge on any atom is -0.443 e. The summed E-state index contributed by atoms with van der Waals surface area (Å²) in [6.45, 7) is 11.9. The van der Waals surface area contributed by atoms with Crippen LogP contribution in [-0.4, -0.2) is 35.0 Å². The highest BCUT2D eigenvalue weighted by Gasteiger charge is 2.40. The van der Waals surface area contributed by atoms with E-state index in [1.165, 1.54) is 0 Å². The number of hydrogen-bond acceptors (Lipinski definition) is 4. The number of Topliss-reactive ketones (excluding diaryl/α,β-unsaturated/α-hetero) is 1. The van der Waals surface area contributed by atoms with Crippen LogP contribution in [0.15, 0.2) is 23.4 Å². The number of carbonyl (C=O) groups is 2. The van der Waals surface area contributed by atoms with E-state index in [9.17, 15) is 9.59 Å². The number of ether oxygens (including phenoxy) is 1. The van der Waals surface area contributed by atoms with E-state index in [2.05, 4.69) is 13.8 Å². The van der Waals surface area contributed by atoms with E-state index < -0.39 is 11.7 Å². The summed E-state index contributed by atoms with van der Waals surface area (Å²) in [7, 11) is 0. The Kier molecular flexibility index (Phi) is 4.46. The van der Waals surface area contributed by atoms with Gasteiger partial charge in [-0.05, 0) is 38.7 Å². The van der Waals surface area contributed by atoms with E-state index in [4.69, 9.17) is 10.5 Å². The molecule has 5 nitrogen and oxygen atoms in total. The van der Waals surface area contributed by atoms with E-state index >= 15 is 0 Å². The lowest BCUT2D eigenvalue weighted by molar-refractivity contribution is -0.118. The Morgan fingerprint density at radius 3 is 2.57 bits per heavy atom. The molecule has 0 aromatic carbocycles. The van der Waals surface area contributed by atoms with Gasteiger partial charge in [0, 0.05) is 24.1 Å². The molecular weight excluding hydrogens is 292 g/mol. The van der Waals surface area contributed by atoms with Gasteiger partial charge in [0.25, 0.3) is 0 Å². The standard InChI is InChI=1S/C18H28N2O3/c1-11-7-8-13-14(15(11)21)12(19)9-18(5,6)10-20(13)16(22)23-17(2,3)4/h7-8,11-12H,9-10,19H2,1-6H3. The van der Waals surface area contributed by atoms with Crippen LogP contribution >= 0.6 is 0 Å². The summed E-state index contributed by atoms with van der Waals surface area (Å²) < 4.78 is 5.54. The molecule has 0 aromatic heterocycles. The monoisotopic (exact) mass is 320 g/mol. The minimum absolute atomic E-state index is 0.00117. The van der Waals surface area contributed by atoms with Crippen molar-refractivity contribution in [1.29, 1.82) is 0 Å². The molecule has 0 fully saturated rings. The zero-order chi connectivity index (χ0) is 17.6. The summed E-state index contributed by atoms with van der Waals surface area (Å²) in [5, 5.41) is 0. The fourth-order valence-corrected chi connectivity index (χ4v) is 3.15. The molecule has 0 saturated carbocycles. The SMILES string of the molecule is CC1C=CC2=C(C1=O)C(N)CC(C)(C)CN2C(=O)OC(C)(C)C. The lowest BCUT2D eigenvalue weighted by Gasteiger charge is -2.33. The predicted molar refractivity (Wildman–Crippen MR) is 89.7 cm³/mol. The third kappa shape index (κ3) is 3.83. The summed E-state index contributed by atoms with van der Waals surface area (Å²) in [5.74, 6) is -0.206. The van der Waals surface area contributed by atoms with Crippen molar-refractivity contribution in [3.63, 3.8) is 0 Å². The van der Waals surface area contributed by atoms with Gasteiger partial charge in [-0.3, -0.25) is 9.69 Å². The van der Waals surface area contributed by atoms with Crippen molar-refractivity contribution in [1.82, 2.24) is 4.90 Å². The topological polar surface area (TPSA) is 72.6 Å². The van der Waals surface area contributed by atoms with Gasteiger partial charge < -0.3 is 10.5 Å². The molecule has 2 N–H and O–H groups in total. The number of allylic oxidation sites excluding steroid dienone is 2. The van der Waals surface area contributed by atoms with E-state index in [0.717, 1.165) is 0 Å². The first kappa shape index (κ1) is 17.7. The summed E-state index contributed by atoms with van der Waals surface area (Å²) in [5.41, 5.74) is 6.67. The largest absolute Gasteiger partial charge is 0.443 e. The van der Waals surface area contributed by atoms with Gasteiger partial charge in [0.05, 0.1) is 5.70 Å². The van der Waals surface area contributed by atoms with Crippen LogP contribution < -0.4 is 5.73 Å². The van der Waals surface area contributed by atoms with Crippen LogP contribution in [0.5, 0.6) is 0 Å². The van der Waals surface area contributed by atoms with Crippen LogP contribution in [0.4, 0.5) is 4.79 Å². The van der Waals surface area contributed by atoms with E-state index in [1.807, 2.05) is 39.8 Å². The number of carbonyl (C=O) groups excluding carboxylic acids is 2. The summed E-state index contributed by atoms with van der Waals surface area (Å²) in [6, 6.07) is -0.368. The first-order chi connectivity index (χ1) is 10.4. The lowest BCUT2D eigenvalue weighted by atomic mass is 9.81. The highest BCUT2D eigenvalue weighted by atomic mass is 16.6. The Labute approximate surface area is 138 Å². The van der Waals surface area contributed by atoms with Crippen molar-refractivity contribution in [3.05, 3.63) is 23.4 Å². The Hall–Kier alpha value is -1.62. The Morgan fingerprint density at radius 2 is 2.00 bits per heavy atom. The third-order valence-electron chi connectivity index (χ3n) is 4.13. The molecule has 0 bridgehead atoms. The van der Waals surface area contributed by atoms with Crippen LogP contribution in [0.3, 0.4) is 0 Å². The molecule has 0 saturated heterocycles. The third-order valence-corrected chi connectivity index (χ3v) is 4.13. The fraction of sp³-hybridized carbons (Fsp3) is 0.667. The van der Waals surface area contributed by atoms with Gasteiger partial charge in [-0.2, -0.15) is 0 Å². The maximum Gasteiger partial charge on any atom is 0.414 e. The van der Waals surface area contributed by atoms with Crippen molar-refractivity contribution >= 4 is 11.9 Å². The second-order valence-electron chi connectivity index (χ2n) is 8.35. The summed E-state index contributed by atoms with van der Waals surface area (Å²) in [4.78, 5) is 26.9. The van der Waals surface area contributed by atoms with Crippen molar-refractivity contribution in [2.24, 2.45) is 17.1 Å². The van der Waals surface area contributed by atoms with Crippen LogP contribution in [0.25, 0.3) is 0 Å². The number of rotatable bonds is 0. The van der Waals surface area contributed by atoms with E-state index in [1.54, 1.807) is 4.90 Å². The number of nitrogens with two attached hydrogens (primary N) is 1. The molecule has 1 aliphatic carbocycles. The molecule has 128 valence electrons. The number of ketones is 1. The van der Waals surface area contributed by atoms with Crippen LogP contribution in [-0.2, 0) is 9.53 Å². The summed E-state index contributed by atoms with van der Waals surface area (Å²) >= 11 is 0. The lowest BCUT2D eigenvalue weighted by Crippen LogP contribution is -2.41. The first-order valence-electron chi connectivity index (χ1n) is 8.14. The van der Waals surface area contributed by atoms with E-state index in [0.29, 0.717) is 24.2 Å². The highest BCUT2D eigenvalue weighted by Crippen LogP contribution is 2.37. The quantitative estimate of drug-likeness (QED) is 0.744. The van der Waals surface area contributed by atoms with Crippen molar-refractivity contribution in [3.8, 4) is 0 Å². The zero-order valence-corrected chi connectivity index (χ0v) is 15.0. The van der Waals surface area contributed by atoms with Gasteiger partial charge in [0.1, 0.15) is 5.60 Å². The molecule has 1 aliphatic heterocycles. The number of amides is 1. The first-order valence-corrected chi connectivity index (χ1v) is 8.14. The smallest absolute Gasteiger partial charge is 0.414 e. The fourth-order valence-electron chi connectivity index (χ4n) is 3.15. The minimum atomic E-state index is -0.591. The Morgan fingerprint density at radius 1 is 1.39 bits per heavy atom. The van der Waals surface area contributed by atoms with Crippen molar-refractivity contribution in [2.75, 3.05) is 6.54 Å². The van der Waals surface area contributed by atoms with Crippen molar-refractivity contribution in [2.45, 2.75) is 59.6 Å².